The molecule has 150 valence electrons. The van der Waals surface area contributed by atoms with Crippen molar-refractivity contribution >= 4 is 37.3 Å². The predicted molar refractivity (Wildman–Crippen MR) is 104 cm³/mol. The highest BCUT2D eigenvalue weighted by Gasteiger charge is 2.38. The topological polar surface area (TPSA) is 62.7 Å². The molecule has 4 rings (SSSR count). The van der Waals surface area contributed by atoms with E-state index in [2.05, 4.69) is 20.9 Å². The highest BCUT2D eigenvalue weighted by atomic mass is 79.9. The van der Waals surface area contributed by atoms with E-state index in [9.17, 15) is 12.8 Å². The molecule has 6 nitrogen and oxygen atoms in total. The third-order valence-electron chi connectivity index (χ3n) is 4.84. The molecule has 1 aromatic heterocycles. The van der Waals surface area contributed by atoms with E-state index in [1.807, 2.05) is 24.3 Å². The SMILES string of the molecule is O=S1(=O)CCN(Cc2cccc(Br)c2)c2c(F)nc(N3CCOCC3)c(F)c21. The highest BCUT2D eigenvalue weighted by Crippen LogP contribution is 2.39. The molecule has 1 saturated heterocycles. The van der Waals surface area contributed by atoms with Gasteiger partial charge in [-0.05, 0) is 17.7 Å². The molecule has 2 aliphatic heterocycles. The summed E-state index contributed by atoms with van der Waals surface area (Å²) in [6, 6.07) is 7.39. The lowest BCUT2D eigenvalue weighted by atomic mass is 10.2. The Labute approximate surface area is 170 Å². The maximum absolute atomic E-state index is 15.3. The molecule has 3 heterocycles. The van der Waals surface area contributed by atoms with Gasteiger partial charge in [-0.3, -0.25) is 0 Å². The fourth-order valence-corrected chi connectivity index (χ4v) is 5.48. The van der Waals surface area contributed by atoms with Crippen LogP contribution in [0.25, 0.3) is 0 Å². The maximum Gasteiger partial charge on any atom is 0.239 e. The summed E-state index contributed by atoms with van der Waals surface area (Å²) in [5, 5.41) is 0. The molecule has 2 aromatic rings. The third kappa shape index (κ3) is 3.60. The molecule has 0 radical (unpaired) electrons. The first-order valence-electron chi connectivity index (χ1n) is 8.80. The van der Waals surface area contributed by atoms with Crippen LogP contribution < -0.4 is 9.80 Å². The Hall–Kier alpha value is -1.78. The summed E-state index contributed by atoms with van der Waals surface area (Å²) >= 11 is 3.38. The lowest BCUT2D eigenvalue weighted by Gasteiger charge is -2.33. The number of pyridine rings is 1. The first-order chi connectivity index (χ1) is 13.4. The van der Waals surface area contributed by atoms with Crippen LogP contribution in [-0.2, 0) is 21.1 Å². The number of anilines is 2. The van der Waals surface area contributed by atoms with Gasteiger partial charge in [0, 0.05) is 30.7 Å². The van der Waals surface area contributed by atoms with Crippen molar-refractivity contribution in [1.29, 1.82) is 0 Å². The van der Waals surface area contributed by atoms with Crippen LogP contribution in [0.2, 0.25) is 0 Å². The fraction of sp³-hybridized carbons (Fsp3) is 0.389. The van der Waals surface area contributed by atoms with E-state index in [-0.39, 0.29) is 30.3 Å². The number of aromatic nitrogens is 1. The number of sulfone groups is 1. The smallest absolute Gasteiger partial charge is 0.239 e. The van der Waals surface area contributed by atoms with Gasteiger partial charge in [-0.15, -0.1) is 0 Å². The van der Waals surface area contributed by atoms with Gasteiger partial charge < -0.3 is 14.5 Å². The van der Waals surface area contributed by atoms with Gasteiger partial charge in [0.15, 0.2) is 21.5 Å². The molecule has 0 saturated carbocycles. The van der Waals surface area contributed by atoms with E-state index < -0.39 is 26.5 Å². The summed E-state index contributed by atoms with van der Waals surface area (Å²) in [7, 11) is -3.95. The molecule has 28 heavy (non-hydrogen) atoms. The van der Waals surface area contributed by atoms with Crippen LogP contribution in [0.15, 0.2) is 33.6 Å². The van der Waals surface area contributed by atoms with Crippen molar-refractivity contribution in [2.75, 3.05) is 48.4 Å². The van der Waals surface area contributed by atoms with Crippen LogP contribution in [0.5, 0.6) is 0 Å². The Morgan fingerprint density at radius 3 is 2.64 bits per heavy atom. The monoisotopic (exact) mass is 473 g/mol. The van der Waals surface area contributed by atoms with E-state index >= 15 is 4.39 Å². The summed E-state index contributed by atoms with van der Waals surface area (Å²) in [5.41, 5.74) is 0.553. The molecule has 1 aromatic carbocycles. The molecule has 0 aliphatic carbocycles. The van der Waals surface area contributed by atoms with Crippen molar-refractivity contribution < 1.29 is 21.9 Å². The van der Waals surface area contributed by atoms with E-state index in [0.717, 1.165) is 10.0 Å². The second-order valence-corrected chi connectivity index (χ2v) is 9.65. The maximum atomic E-state index is 15.3. The Kier molecular flexibility index (Phi) is 5.28. The van der Waals surface area contributed by atoms with E-state index in [4.69, 9.17) is 4.74 Å². The second-order valence-electron chi connectivity index (χ2n) is 6.69. The minimum absolute atomic E-state index is 0.0663. The Morgan fingerprint density at radius 2 is 1.93 bits per heavy atom. The normalized spacial score (nSPS) is 18.8. The minimum atomic E-state index is -3.95. The van der Waals surface area contributed by atoms with Crippen LogP contribution in [0.1, 0.15) is 5.56 Å². The largest absolute Gasteiger partial charge is 0.378 e. The molecule has 0 bridgehead atoms. The number of benzene rings is 1. The number of halogens is 3. The number of rotatable bonds is 3. The summed E-state index contributed by atoms with van der Waals surface area (Å²) in [5.74, 6) is -2.52. The van der Waals surface area contributed by atoms with Gasteiger partial charge in [-0.25, -0.2) is 12.8 Å². The Bertz CT molecular complexity index is 1010. The average molecular weight is 474 g/mol. The molecule has 10 heteroatoms. The number of nitrogens with zero attached hydrogens (tertiary/aromatic N) is 3. The molecule has 0 spiro atoms. The number of morpholine rings is 1. The van der Waals surface area contributed by atoms with Crippen LogP contribution in [-0.4, -0.2) is 52.0 Å². The average Bonchev–Trinajstić information content (AvgIpc) is 2.66. The van der Waals surface area contributed by atoms with Crippen LogP contribution in [0, 0.1) is 11.8 Å². The molecule has 0 amide bonds. The lowest BCUT2D eigenvalue weighted by Crippen LogP contribution is -2.40. The molecule has 0 unspecified atom stereocenters. The fourth-order valence-electron chi connectivity index (χ4n) is 3.49. The minimum Gasteiger partial charge on any atom is -0.378 e. The Morgan fingerprint density at radius 1 is 1.18 bits per heavy atom. The number of ether oxygens (including phenoxy) is 1. The number of fused-ring (bicyclic) bond motifs is 1. The molecular weight excluding hydrogens is 456 g/mol. The van der Waals surface area contributed by atoms with Gasteiger partial charge >= 0.3 is 0 Å². The van der Waals surface area contributed by atoms with Crippen molar-refractivity contribution in [3.63, 3.8) is 0 Å². The van der Waals surface area contributed by atoms with Gasteiger partial charge in [-0.2, -0.15) is 9.37 Å². The zero-order valence-corrected chi connectivity index (χ0v) is 17.3. The van der Waals surface area contributed by atoms with Crippen LogP contribution >= 0.6 is 15.9 Å². The van der Waals surface area contributed by atoms with E-state index in [1.54, 1.807) is 0 Å². The molecule has 2 aliphatic rings. The van der Waals surface area contributed by atoms with Crippen molar-refractivity contribution in [2.45, 2.75) is 11.4 Å². The third-order valence-corrected chi connectivity index (χ3v) is 7.05. The van der Waals surface area contributed by atoms with Gasteiger partial charge in [0.2, 0.25) is 5.95 Å². The van der Waals surface area contributed by atoms with Gasteiger partial charge in [-0.1, -0.05) is 28.1 Å². The zero-order chi connectivity index (χ0) is 19.9. The van der Waals surface area contributed by atoms with Gasteiger partial charge in [0.1, 0.15) is 10.6 Å². The second kappa shape index (κ2) is 7.57. The van der Waals surface area contributed by atoms with E-state index in [1.165, 1.54) is 9.80 Å². The highest BCUT2D eigenvalue weighted by molar-refractivity contribution is 9.10. The summed E-state index contributed by atoms with van der Waals surface area (Å²) in [4.78, 5) is 6.26. The summed E-state index contributed by atoms with van der Waals surface area (Å²) in [6.07, 6.45) is 0. The first kappa shape index (κ1) is 19.5. The van der Waals surface area contributed by atoms with Crippen molar-refractivity contribution in [3.8, 4) is 0 Å². The zero-order valence-electron chi connectivity index (χ0n) is 14.9. The molecule has 0 atom stereocenters. The van der Waals surface area contributed by atoms with Gasteiger partial charge in [0.25, 0.3) is 0 Å². The summed E-state index contributed by atoms with van der Waals surface area (Å²) in [6.45, 7) is 1.66. The van der Waals surface area contributed by atoms with Crippen molar-refractivity contribution in [1.82, 2.24) is 4.98 Å². The summed E-state index contributed by atoms with van der Waals surface area (Å²) < 4.78 is 61.6. The van der Waals surface area contributed by atoms with E-state index in [0.29, 0.717) is 26.3 Å². The van der Waals surface area contributed by atoms with Crippen LogP contribution in [0.4, 0.5) is 20.3 Å². The lowest BCUT2D eigenvalue weighted by molar-refractivity contribution is 0.122. The molecule has 1 fully saturated rings. The number of hydrogen-bond donors (Lipinski definition) is 0. The predicted octanol–water partition coefficient (Wildman–Crippen LogP) is 2.75. The molecule has 0 N–H and O–H groups in total. The molecular formula is C18H18BrF2N3O3S. The van der Waals surface area contributed by atoms with Crippen molar-refractivity contribution in [2.24, 2.45) is 0 Å². The van der Waals surface area contributed by atoms with Crippen molar-refractivity contribution in [3.05, 3.63) is 46.1 Å². The number of hydrogen-bond acceptors (Lipinski definition) is 6. The quantitative estimate of drug-likeness (QED) is 0.638. The Balaban J connectivity index is 1.79. The van der Waals surface area contributed by atoms with Crippen LogP contribution in [0.3, 0.4) is 0 Å². The standard InChI is InChI=1S/C18H18BrF2N3O3S/c19-13-3-1-2-12(10-13)11-24-6-9-28(25,26)16-14(20)18(22-17(21)15(16)24)23-4-7-27-8-5-23/h1-3,10H,4-9,11H2. The first-order valence-corrected chi connectivity index (χ1v) is 11.2. The van der Waals surface area contributed by atoms with Gasteiger partial charge in [0.05, 0.1) is 19.0 Å².